The van der Waals surface area contributed by atoms with Gasteiger partial charge >= 0.3 is 0 Å². The van der Waals surface area contributed by atoms with E-state index >= 15 is 0 Å². The van der Waals surface area contributed by atoms with Crippen molar-refractivity contribution in [1.29, 1.82) is 0 Å². The molecule has 4 heteroatoms. The summed E-state index contributed by atoms with van der Waals surface area (Å²) in [6, 6.07) is 4.10. The molecule has 1 heterocycles. The normalized spacial score (nSPS) is 10.9. The van der Waals surface area contributed by atoms with Gasteiger partial charge in [0, 0.05) is 13.7 Å². The summed E-state index contributed by atoms with van der Waals surface area (Å²) in [6.45, 7) is 2.68. The maximum atomic E-state index is 5.64. The van der Waals surface area contributed by atoms with Crippen LogP contribution >= 0.6 is 11.8 Å². The number of furan rings is 1. The fourth-order valence-electron chi connectivity index (χ4n) is 1.45. The third-order valence-electron chi connectivity index (χ3n) is 2.26. The highest BCUT2D eigenvalue weighted by molar-refractivity contribution is 7.97. The van der Waals surface area contributed by atoms with Crippen LogP contribution in [0.15, 0.2) is 16.5 Å². The van der Waals surface area contributed by atoms with Crippen molar-refractivity contribution in [3.05, 3.63) is 23.7 Å². The molecule has 0 radical (unpaired) electrons. The van der Waals surface area contributed by atoms with Crippen molar-refractivity contribution < 1.29 is 9.15 Å². The Balaban J connectivity index is 2.07. The first-order valence-electron chi connectivity index (χ1n) is 5.63. The van der Waals surface area contributed by atoms with Gasteiger partial charge in [-0.05, 0) is 37.8 Å². The second kappa shape index (κ2) is 8.67. The van der Waals surface area contributed by atoms with Crippen LogP contribution in [0.2, 0.25) is 0 Å². The standard InChI is InChI=1S/C12H21NO2S/c1-14-8-4-3-7-13-9-11-5-6-12(15-11)10-16-2/h5-6,13H,3-4,7-10H2,1-2H3. The van der Waals surface area contributed by atoms with Crippen LogP contribution in [-0.2, 0) is 17.0 Å². The number of thioether (sulfide) groups is 1. The van der Waals surface area contributed by atoms with E-state index in [0.717, 1.165) is 49.8 Å². The van der Waals surface area contributed by atoms with Gasteiger partial charge in [0.2, 0.25) is 0 Å². The van der Waals surface area contributed by atoms with E-state index in [1.807, 2.05) is 6.07 Å². The van der Waals surface area contributed by atoms with Gasteiger partial charge in [-0.3, -0.25) is 0 Å². The Morgan fingerprint density at radius 1 is 1.31 bits per heavy atom. The highest BCUT2D eigenvalue weighted by Gasteiger charge is 2.00. The quantitative estimate of drug-likeness (QED) is 0.676. The Morgan fingerprint density at radius 3 is 2.88 bits per heavy atom. The monoisotopic (exact) mass is 243 g/mol. The molecule has 1 aromatic rings. The Morgan fingerprint density at radius 2 is 2.12 bits per heavy atom. The van der Waals surface area contributed by atoms with E-state index in [9.17, 15) is 0 Å². The van der Waals surface area contributed by atoms with Gasteiger partial charge in [-0.15, -0.1) is 0 Å². The number of hydrogen-bond donors (Lipinski definition) is 1. The smallest absolute Gasteiger partial charge is 0.117 e. The Bertz CT molecular complexity index is 276. The lowest BCUT2D eigenvalue weighted by atomic mass is 10.3. The van der Waals surface area contributed by atoms with E-state index in [-0.39, 0.29) is 0 Å². The minimum absolute atomic E-state index is 0.821. The number of ether oxygens (including phenoxy) is 1. The first kappa shape index (κ1) is 13.6. The summed E-state index contributed by atoms with van der Waals surface area (Å²) >= 11 is 1.78. The molecule has 1 aromatic heterocycles. The van der Waals surface area contributed by atoms with Crippen molar-refractivity contribution in [2.75, 3.05) is 26.5 Å². The summed E-state index contributed by atoms with van der Waals surface area (Å²) < 4.78 is 10.6. The first-order valence-corrected chi connectivity index (χ1v) is 7.02. The largest absolute Gasteiger partial charge is 0.464 e. The molecule has 3 nitrogen and oxygen atoms in total. The van der Waals surface area contributed by atoms with E-state index < -0.39 is 0 Å². The van der Waals surface area contributed by atoms with Crippen LogP contribution in [0.4, 0.5) is 0 Å². The van der Waals surface area contributed by atoms with Crippen LogP contribution in [-0.4, -0.2) is 26.5 Å². The van der Waals surface area contributed by atoms with Crippen molar-refractivity contribution in [3.8, 4) is 0 Å². The summed E-state index contributed by atoms with van der Waals surface area (Å²) in [5.74, 6) is 3.04. The van der Waals surface area contributed by atoms with Crippen molar-refractivity contribution in [1.82, 2.24) is 5.32 Å². The van der Waals surface area contributed by atoms with Gasteiger partial charge in [-0.1, -0.05) is 0 Å². The SMILES string of the molecule is COCCCCNCc1ccc(CSC)o1. The molecule has 1 rings (SSSR count). The molecule has 0 aliphatic heterocycles. The maximum absolute atomic E-state index is 5.64. The molecule has 0 aliphatic carbocycles. The average molecular weight is 243 g/mol. The summed E-state index contributed by atoms with van der Waals surface area (Å²) in [5, 5.41) is 3.36. The van der Waals surface area contributed by atoms with E-state index in [1.54, 1.807) is 18.9 Å². The Hall–Kier alpha value is -0.450. The average Bonchev–Trinajstić information content (AvgIpc) is 2.72. The van der Waals surface area contributed by atoms with E-state index in [1.165, 1.54) is 0 Å². The van der Waals surface area contributed by atoms with Crippen molar-refractivity contribution in [2.45, 2.75) is 25.1 Å². The van der Waals surface area contributed by atoms with Gasteiger partial charge in [0.25, 0.3) is 0 Å². The fraction of sp³-hybridized carbons (Fsp3) is 0.667. The fourth-order valence-corrected chi connectivity index (χ4v) is 1.88. The minimum Gasteiger partial charge on any atom is -0.464 e. The number of methoxy groups -OCH3 is 1. The van der Waals surface area contributed by atoms with Gasteiger partial charge in [0.15, 0.2) is 0 Å². The predicted octanol–water partition coefficient (Wildman–Crippen LogP) is 2.66. The van der Waals surface area contributed by atoms with Gasteiger partial charge in [-0.2, -0.15) is 11.8 Å². The van der Waals surface area contributed by atoms with Crippen LogP contribution in [0.5, 0.6) is 0 Å². The molecule has 0 aliphatic rings. The Labute approximate surface area is 102 Å². The van der Waals surface area contributed by atoms with E-state index in [0.29, 0.717) is 0 Å². The molecule has 0 spiro atoms. The zero-order chi connectivity index (χ0) is 11.6. The second-order valence-corrected chi connectivity index (χ2v) is 4.54. The van der Waals surface area contributed by atoms with Crippen LogP contribution < -0.4 is 5.32 Å². The van der Waals surface area contributed by atoms with Gasteiger partial charge in [-0.25, -0.2) is 0 Å². The topological polar surface area (TPSA) is 34.4 Å². The van der Waals surface area contributed by atoms with Crippen molar-refractivity contribution >= 4 is 11.8 Å². The van der Waals surface area contributed by atoms with Gasteiger partial charge < -0.3 is 14.5 Å². The van der Waals surface area contributed by atoms with Crippen LogP contribution in [0, 0.1) is 0 Å². The molecule has 0 fully saturated rings. The summed E-state index contributed by atoms with van der Waals surface area (Å²) in [4.78, 5) is 0. The lowest BCUT2D eigenvalue weighted by Gasteiger charge is -2.02. The maximum Gasteiger partial charge on any atom is 0.117 e. The molecule has 0 bridgehead atoms. The zero-order valence-electron chi connectivity index (χ0n) is 10.1. The molecule has 1 N–H and O–H groups in total. The van der Waals surface area contributed by atoms with Crippen LogP contribution in [0.1, 0.15) is 24.4 Å². The highest BCUT2D eigenvalue weighted by atomic mass is 32.2. The minimum atomic E-state index is 0.821. The molecule has 0 atom stereocenters. The van der Waals surface area contributed by atoms with E-state index in [2.05, 4.69) is 17.6 Å². The molecular weight excluding hydrogens is 222 g/mol. The number of hydrogen-bond acceptors (Lipinski definition) is 4. The van der Waals surface area contributed by atoms with Gasteiger partial charge in [0.05, 0.1) is 12.3 Å². The third-order valence-corrected chi connectivity index (χ3v) is 2.83. The molecular formula is C12H21NO2S. The summed E-state index contributed by atoms with van der Waals surface area (Å²) in [6.07, 6.45) is 4.34. The molecule has 0 saturated carbocycles. The highest BCUT2D eigenvalue weighted by Crippen LogP contribution is 2.13. The summed E-state index contributed by atoms with van der Waals surface area (Å²) in [5.41, 5.74) is 0. The number of nitrogens with one attached hydrogen (secondary N) is 1. The lowest BCUT2D eigenvalue weighted by Crippen LogP contribution is -2.14. The van der Waals surface area contributed by atoms with E-state index in [4.69, 9.17) is 9.15 Å². The molecule has 0 amide bonds. The number of rotatable bonds is 9. The Kier molecular flexibility index (Phi) is 7.38. The van der Waals surface area contributed by atoms with Gasteiger partial charge in [0.1, 0.15) is 11.5 Å². The van der Waals surface area contributed by atoms with Crippen LogP contribution in [0.25, 0.3) is 0 Å². The third kappa shape index (κ3) is 5.58. The van der Waals surface area contributed by atoms with Crippen molar-refractivity contribution in [2.24, 2.45) is 0 Å². The molecule has 0 saturated heterocycles. The lowest BCUT2D eigenvalue weighted by molar-refractivity contribution is 0.192. The molecule has 0 unspecified atom stereocenters. The molecule has 0 aromatic carbocycles. The second-order valence-electron chi connectivity index (χ2n) is 3.68. The molecule has 16 heavy (non-hydrogen) atoms. The van der Waals surface area contributed by atoms with Crippen molar-refractivity contribution in [3.63, 3.8) is 0 Å². The van der Waals surface area contributed by atoms with Crippen LogP contribution in [0.3, 0.4) is 0 Å². The summed E-state index contributed by atoms with van der Waals surface area (Å²) in [7, 11) is 1.74. The zero-order valence-corrected chi connectivity index (χ0v) is 10.9. The predicted molar refractivity (Wildman–Crippen MR) is 68.7 cm³/mol. The first-order chi connectivity index (χ1) is 7.86. The number of unbranched alkanes of at least 4 members (excludes halogenated alkanes) is 1. The molecule has 92 valence electrons.